The molecule has 25 heavy (non-hydrogen) atoms. The minimum Gasteiger partial charge on any atom is -0.368 e. The van der Waals surface area contributed by atoms with Crippen LogP contribution >= 0.6 is 35.3 Å². The van der Waals surface area contributed by atoms with Gasteiger partial charge in [0.05, 0.1) is 6.54 Å². The number of ether oxygens (including phenoxy) is 1. The van der Waals surface area contributed by atoms with Crippen molar-refractivity contribution in [3.8, 4) is 0 Å². The molecule has 2 saturated heterocycles. The average Bonchev–Trinajstić information content (AvgIpc) is 3.27. The zero-order chi connectivity index (χ0) is 16.9. The summed E-state index contributed by atoms with van der Waals surface area (Å²) < 4.78 is 5.51. The van der Waals surface area contributed by atoms with Gasteiger partial charge in [-0.05, 0) is 31.9 Å². The number of aliphatic imine (C=N–C) groups is 1. The van der Waals surface area contributed by atoms with E-state index in [9.17, 15) is 4.79 Å². The van der Waals surface area contributed by atoms with Crippen LogP contribution in [-0.4, -0.2) is 67.6 Å². The van der Waals surface area contributed by atoms with E-state index in [1.54, 1.807) is 11.3 Å². The van der Waals surface area contributed by atoms with Gasteiger partial charge in [-0.3, -0.25) is 9.79 Å². The molecule has 0 aliphatic carbocycles. The fraction of sp³-hybridized carbons (Fsp3) is 0.647. The van der Waals surface area contributed by atoms with Crippen molar-refractivity contribution in [2.45, 2.75) is 32.4 Å². The van der Waals surface area contributed by atoms with Gasteiger partial charge in [0.2, 0.25) is 0 Å². The molecule has 140 valence electrons. The Bertz CT molecular complexity index is 593. The molecule has 3 rings (SSSR count). The SMILES string of the molecule is CN=C(NCc1ccc(C)s1)N1CCN(C(=O)C2CCCO2)CC1.I. The number of aryl methyl sites for hydroxylation is 1. The lowest BCUT2D eigenvalue weighted by Gasteiger charge is -2.37. The van der Waals surface area contributed by atoms with E-state index in [2.05, 4.69) is 34.3 Å². The summed E-state index contributed by atoms with van der Waals surface area (Å²) in [5.41, 5.74) is 0. The molecule has 2 fully saturated rings. The topological polar surface area (TPSA) is 57.2 Å². The minimum atomic E-state index is -0.212. The first-order chi connectivity index (χ1) is 11.7. The van der Waals surface area contributed by atoms with Crippen LogP contribution in [0.1, 0.15) is 22.6 Å². The molecule has 1 unspecified atom stereocenters. The molecular formula is C17H27IN4O2S. The van der Waals surface area contributed by atoms with Crippen molar-refractivity contribution >= 4 is 47.2 Å². The van der Waals surface area contributed by atoms with Crippen molar-refractivity contribution < 1.29 is 9.53 Å². The van der Waals surface area contributed by atoms with Crippen molar-refractivity contribution in [3.63, 3.8) is 0 Å². The molecule has 1 atom stereocenters. The number of piperazine rings is 1. The number of guanidine groups is 1. The summed E-state index contributed by atoms with van der Waals surface area (Å²) in [4.78, 5) is 23.6. The van der Waals surface area contributed by atoms with Crippen LogP contribution in [0.2, 0.25) is 0 Å². The van der Waals surface area contributed by atoms with Gasteiger partial charge in [-0.1, -0.05) is 0 Å². The van der Waals surface area contributed by atoms with Crippen LogP contribution in [0.15, 0.2) is 17.1 Å². The van der Waals surface area contributed by atoms with E-state index in [4.69, 9.17) is 4.74 Å². The zero-order valence-electron chi connectivity index (χ0n) is 14.9. The number of rotatable bonds is 3. The van der Waals surface area contributed by atoms with Gasteiger partial charge in [-0.15, -0.1) is 35.3 Å². The number of carbonyl (C=O) groups excluding carboxylic acids is 1. The first-order valence-corrected chi connectivity index (χ1v) is 9.40. The zero-order valence-corrected chi connectivity index (χ0v) is 18.0. The predicted molar refractivity (Wildman–Crippen MR) is 112 cm³/mol. The normalized spacial score (nSPS) is 21.2. The van der Waals surface area contributed by atoms with Crippen molar-refractivity contribution in [2.24, 2.45) is 4.99 Å². The summed E-state index contributed by atoms with van der Waals surface area (Å²) >= 11 is 1.80. The number of amides is 1. The molecule has 0 bridgehead atoms. The number of hydrogen-bond acceptors (Lipinski definition) is 4. The smallest absolute Gasteiger partial charge is 0.251 e. The van der Waals surface area contributed by atoms with Gasteiger partial charge in [0.1, 0.15) is 6.10 Å². The van der Waals surface area contributed by atoms with Crippen LogP contribution in [0.4, 0.5) is 0 Å². The molecule has 1 amide bonds. The number of halogens is 1. The third kappa shape index (κ3) is 5.30. The maximum absolute atomic E-state index is 12.4. The lowest BCUT2D eigenvalue weighted by molar-refractivity contribution is -0.142. The Morgan fingerprint density at radius 2 is 2.04 bits per heavy atom. The third-order valence-corrected chi connectivity index (χ3v) is 5.53. The molecular weight excluding hydrogens is 451 g/mol. The molecule has 0 radical (unpaired) electrons. The Hall–Kier alpha value is -0.870. The van der Waals surface area contributed by atoms with Crippen LogP contribution in [0, 0.1) is 6.92 Å². The van der Waals surface area contributed by atoms with E-state index in [0.717, 1.165) is 58.1 Å². The first kappa shape index (κ1) is 20.4. The summed E-state index contributed by atoms with van der Waals surface area (Å²) in [7, 11) is 1.81. The second-order valence-electron chi connectivity index (χ2n) is 6.23. The maximum Gasteiger partial charge on any atom is 0.251 e. The fourth-order valence-corrected chi connectivity index (χ4v) is 4.02. The number of nitrogens with zero attached hydrogens (tertiary/aromatic N) is 3. The fourth-order valence-electron chi connectivity index (χ4n) is 3.19. The molecule has 1 aromatic heterocycles. The molecule has 2 aliphatic rings. The summed E-state index contributed by atoms with van der Waals surface area (Å²) in [6.45, 7) is 6.71. The van der Waals surface area contributed by atoms with Gasteiger partial charge in [0.15, 0.2) is 5.96 Å². The highest BCUT2D eigenvalue weighted by atomic mass is 127. The second-order valence-corrected chi connectivity index (χ2v) is 7.60. The van der Waals surface area contributed by atoms with Gasteiger partial charge in [-0.2, -0.15) is 0 Å². The van der Waals surface area contributed by atoms with E-state index in [1.807, 2.05) is 11.9 Å². The van der Waals surface area contributed by atoms with E-state index < -0.39 is 0 Å². The van der Waals surface area contributed by atoms with Crippen molar-refractivity contribution in [1.82, 2.24) is 15.1 Å². The molecule has 3 heterocycles. The monoisotopic (exact) mass is 478 g/mol. The van der Waals surface area contributed by atoms with Crippen LogP contribution < -0.4 is 5.32 Å². The van der Waals surface area contributed by atoms with Gasteiger partial charge < -0.3 is 19.9 Å². The van der Waals surface area contributed by atoms with Crippen LogP contribution in [0.3, 0.4) is 0 Å². The van der Waals surface area contributed by atoms with E-state index in [0.29, 0.717) is 0 Å². The molecule has 2 aliphatic heterocycles. The highest BCUT2D eigenvalue weighted by Crippen LogP contribution is 2.17. The standard InChI is InChI=1S/C17H26N4O2S.HI/c1-13-5-6-14(24-13)12-19-17(18-2)21-9-7-20(8-10-21)16(22)15-4-3-11-23-15;/h5-6,15H,3-4,7-12H2,1-2H3,(H,18,19);1H. The quantitative estimate of drug-likeness (QED) is 0.411. The predicted octanol–water partition coefficient (Wildman–Crippen LogP) is 2.07. The Morgan fingerprint density at radius 3 is 2.60 bits per heavy atom. The Balaban J connectivity index is 0.00000225. The summed E-state index contributed by atoms with van der Waals surface area (Å²) in [5.74, 6) is 1.06. The molecule has 0 spiro atoms. The number of carbonyl (C=O) groups is 1. The van der Waals surface area contributed by atoms with E-state index in [-0.39, 0.29) is 36.0 Å². The summed E-state index contributed by atoms with van der Waals surface area (Å²) in [5, 5.41) is 3.43. The lowest BCUT2D eigenvalue weighted by Crippen LogP contribution is -2.55. The maximum atomic E-state index is 12.4. The second kappa shape index (κ2) is 9.72. The first-order valence-electron chi connectivity index (χ1n) is 8.58. The van der Waals surface area contributed by atoms with E-state index >= 15 is 0 Å². The highest BCUT2D eigenvalue weighted by Gasteiger charge is 2.30. The molecule has 8 heteroatoms. The van der Waals surface area contributed by atoms with Gasteiger partial charge in [0, 0.05) is 49.6 Å². The van der Waals surface area contributed by atoms with Crippen LogP contribution in [0.5, 0.6) is 0 Å². The van der Waals surface area contributed by atoms with E-state index in [1.165, 1.54) is 9.75 Å². The van der Waals surface area contributed by atoms with Crippen LogP contribution in [-0.2, 0) is 16.1 Å². The Labute approximate surface area is 170 Å². The lowest BCUT2D eigenvalue weighted by atomic mass is 10.2. The average molecular weight is 478 g/mol. The largest absolute Gasteiger partial charge is 0.368 e. The molecule has 0 saturated carbocycles. The Morgan fingerprint density at radius 1 is 1.32 bits per heavy atom. The van der Waals surface area contributed by atoms with Gasteiger partial charge in [0.25, 0.3) is 5.91 Å². The van der Waals surface area contributed by atoms with Gasteiger partial charge in [-0.25, -0.2) is 0 Å². The third-order valence-electron chi connectivity index (χ3n) is 4.52. The number of thiophene rings is 1. The van der Waals surface area contributed by atoms with Crippen molar-refractivity contribution in [3.05, 3.63) is 21.9 Å². The number of nitrogens with one attached hydrogen (secondary N) is 1. The molecule has 1 aromatic rings. The van der Waals surface area contributed by atoms with Crippen molar-refractivity contribution in [2.75, 3.05) is 39.8 Å². The summed E-state index contributed by atoms with van der Waals surface area (Å²) in [6, 6.07) is 4.29. The minimum absolute atomic E-state index is 0. The Kier molecular flexibility index (Phi) is 7.95. The van der Waals surface area contributed by atoms with Crippen LogP contribution in [0.25, 0.3) is 0 Å². The highest BCUT2D eigenvalue weighted by molar-refractivity contribution is 14.0. The molecule has 1 N–H and O–H groups in total. The molecule has 0 aromatic carbocycles. The summed E-state index contributed by atoms with van der Waals surface area (Å²) in [6.07, 6.45) is 1.65. The number of hydrogen-bond donors (Lipinski definition) is 1. The molecule has 6 nitrogen and oxygen atoms in total. The van der Waals surface area contributed by atoms with Crippen molar-refractivity contribution in [1.29, 1.82) is 0 Å². The van der Waals surface area contributed by atoms with Gasteiger partial charge >= 0.3 is 0 Å².